The summed E-state index contributed by atoms with van der Waals surface area (Å²) in [6, 6.07) is 12.8. The van der Waals surface area contributed by atoms with E-state index in [1.807, 2.05) is 6.92 Å². The van der Waals surface area contributed by atoms with Crippen molar-refractivity contribution in [2.45, 2.75) is 11.8 Å². The van der Waals surface area contributed by atoms with Gasteiger partial charge in [0.2, 0.25) is 5.91 Å². The molecule has 1 atom stereocenters. The number of benzene rings is 2. The Bertz CT molecular complexity index is 749. The molecule has 0 aromatic heterocycles. The lowest BCUT2D eigenvalue weighted by atomic mass is 10.1. The fraction of sp³-hybridized carbons (Fsp3) is 0.263. The van der Waals surface area contributed by atoms with E-state index >= 15 is 0 Å². The van der Waals surface area contributed by atoms with Crippen molar-refractivity contribution in [3.05, 3.63) is 54.3 Å². The molecule has 0 spiro atoms. The van der Waals surface area contributed by atoms with Crippen LogP contribution in [0.1, 0.15) is 6.92 Å². The van der Waals surface area contributed by atoms with Gasteiger partial charge in [0, 0.05) is 29.3 Å². The van der Waals surface area contributed by atoms with Gasteiger partial charge >= 0.3 is 5.97 Å². The van der Waals surface area contributed by atoms with Crippen LogP contribution in [-0.2, 0) is 9.59 Å². The fourth-order valence-corrected chi connectivity index (χ4v) is 3.11. The van der Waals surface area contributed by atoms with Crippen molar-refractivity contribution in [1.29, 1.82) is 0 Å². The van der Waals surface area contributed by atoms with E-state index in [-0.39, 0.29) is 17.6 Å². The van der Waals surface area contributed by atoms with E-state index in [0.717, 1.165) is 4.90 Å². The molecule has 0 heterocycles. The standard InChI is InChI=1S/C19H20FNO4S/c1-13(12-26-17-9-3-14(20)4-10-17)19(24)21(2)15-5-7-16(8-6-15)25-11-18(22)23/h3-10,13H,11-12H2,1-2H3,(H,22,23). The van der Waals surface area contributed by atoms with Gasteiger partial charge in [0.15, 0.2) is 6.61 Å². The average Bonchev–Trinajstić information content (AvgIpc) is 2.65. The number of ether oxygens (including phenoxy) is 1. The minimum atomic E-state index is -1.05. The number of nitrogens with zero attached hydrogens (tertiary/aromatic N) is 1. The summed E-state index contributed by atoms with van der Waals surface area (Å²) >= 11 is 1.50. The van der Waals surface area contributed by atoms with Crippen LogP contribution in [0.25, 0.3) is 0 Å². The van der Waals surface area contributed by atoms with Gasteiger partial charge in [-0.1, -0.05) is 6.92 Å². The van der Waals surface area contributed by atoms with Crippen LogP contribution in [0.4, 0.5) is 10.1 Å². The van der Waals surface area contributed by atoms with Crippen LogP contribution in [0, 0.1) is 11.7 Å². The third-order valence-electron chi connectivity index (χ3n) is 3.65. The predicted octanol–water partition coefficient (Wildman–Crippen LogP) is 3.68. The smallest absolute Gasteiger partial charge is 0.341 e. The number of carboxylic acids is 1. The Labute approximate surface area is 155 Å². The molecule has 7 heteroatoms. The summed E-state index contributed by atoms with van der Waals surface area (Å²) in [5.41, 5.74) is 0.691. The summed E-state index contributed by atoms with van der Waals surface area (Å²) in [6.07, 6.45) is 0. The Balaban J connectivity index is 1.90. The highest BCUT2D eigenvalue weighted by atomic mass is 32.2. The maximum atomic E-state index is 12.9. The van der Waals surface area contributed by atoms with E-state index in [0.29, 0.717) is 17.2 Å². The molecule has 138 valence electrons. The minimum Gasteiger partial charge on any atom is -0.482 e. The van der Waals surface area contributed by atoms with Gasteiger partial charge in [0.05, 0.1) is 0 Å². The second kappa shape index (κ2) is 9.24. The molecule has 0 radical (unpaired) electrons. The van der Waals surface area contributed by atoms with Crippen LogP contribution in [0.3, 0.4) is 0 Å². The highest BCUT2D eigenvalue weighted by molar-refractivity contribution is 7.99. The number of hydrogen-bond donors (Lipinski definition) is 1. The Hall–Kier alpha value is -2.54. The SMILES string of the molecule is CC(CSc1ccc(F)cc1)C(=O)N(C)c1ccc(OCC(=O)O)cc1. The number of amides is 1. The molecule has 2 aromatic rings. The molecule has 26 heavy (non-hydrogen) atoms. The van der Waals surface area contributed by atoms with Gasteiger partial charge in [-0.3, -0.25) is 4.79 Å². The van der Waals surface area contributed by atoms with E-state index in [1.165, 1.54) is 23.9 Å². The number of carbonyl (C=O) groups excluding carboxylic acids is 1. The van der Waals surface area contributed by atoms with Crippen LogP contribution in [0.2, 0.25) is 0 Å². The first-order valence-electron chi connectivity index (χ1n) is 7.97. The number of anilines is 1. The first kappa shape index (κ1) is 19.8. The molecular formula is C19H20FNO4S. The zero-order valence-electron chi connectivity index (χ0n) is 14.5. The monoisotopic (exact) mass is 377 g/mol. The number of hydrogen-bond acceptors (Lipinski definition) is 4. The third-order valence-corrected chi connectivity index (χ3v) is 4.92. The molecule has 0 aliphatic heterocycles. The second-order valence-electron chi connectivity index (χ2n) is 5.74. The quantitative estimate of drug-likeness (QED) is 0.711. The van der Waals surface area contributed by atoms with E-state index in [2.05, 4.69) is 0 Å². The molecule has 0 saturated heterocycles. The van der Waals surface area contributed by atoms with Crippen LogP contribution < -0.4 is 9.64 Å². The topological polar surface area (TPSA) is 66.8 Å². The number of carbonyl (C=O) groups is 2. The lowest BCUT2D eigenvalue weighted by molar-refractivity contribution is -0.139. The molecule has 0 saturated carbocycles. The fourth-order valence-electron chi connectivity index (χ4n) is 2.19. The summed E-state index contributed by atoms with van der Waals surface area (Å²) < 4.78 is 18.0. The predicted molar refractivity (Wildman–Crippen MR) is 99.3 cm³/mol. The lowest BCUT2D eigenvalue weighted by Crippen LogP contribution is -2.32. The third kappa shape index (κ3) is 5.77. The van der Waals surface area contributed by atoms with Gasteiger partial charge in [-0.05, 0) is 48.5 Å². The van der Waals surface area contributed by atoms with Crippen molar-refractivity contribution >= 4 is 29.3 Å². The van der Waals surface area contributed by atoms with Crippen LogP contribution in [0.15, 0.2) is 53.4 Å². The van der Waals surface area contributed by atoms with Crippen molar-refractivity contribution in [2.24, 2.45) is 5.92 Å². The van der Waals surface area contributed by atoms with E-state index < -0.39 is 12.6 Å². The first-order valence-corrected chi connectivity index (χ1v) is 8.96. The van der Waals surface area contributed by atoms with Gasteiger partial charge in [-0.15, -0.1) is 11.8 Å². The molecule has 5 nitrogen and oxygen atoms in total. The molecular weight excluding hydrogens is 357 g/mol. The van der Waals surface area contributed by atoms with Crippen LogP contribution >= 0.6 is 11.8 Å². The highest BCUT2D eigenvalue weighted by Gasteiger charge is 2.19. The summed E-state index contributed by atoms with van der Waals surface area (Å²) in [6.45, 7) is 1.44. The van der Waals surface area contributed by atoms with Gasteiger partial charge < -0.3 is 14.7 Å². The van der Waals surface area contributed by atoms with Crippen molar-refractivity contribution < 1.29 is 23.8 Å². The van der Waals surface area contributed by atoms with Crippen LogP contribution in [-0.4, -0.2) is 36.4 Å². The summed E-state index contributed by atoms with van der Waals surface area (Å²) in [7, 11) is 1.69. The number of rotatable bonds is 8. The average molecular weight is 377 g/mol. The molecule has 0 aliphatic carbocycles. The largest absolute Gasteiger partial charge is 0.482 e. The molecule has 0 aliphatic rings. The molecule has 0 bridgehead atoms. The normalized spacial score (nSPS) is 11.7. The number of thioether (sulfide) groups is 1. The maximum absolute atomic E-state index is 12.9. The lowest BCUT2D eigenvalue weighted by Gasteiger charge is -2.21. The molecule has 1 amide bonds. The van der Waals surface area contributed by atoms with Crippen molar-refractivity contribution in [3.8, 4) is 5.75 Å². The molecule has 2 aromatic carbocycles. The zero-order chi connectivity index (χ0) is 19.1. The van der Waals surface area contributed by atoms with Gasteiger partial charge in [0.1, 0.15) is 11.6 Å². The van der Waals surface area contributed by atoms with Gasteiger partial charge in [-0.25, -0.2) is 9.18 Å². The minimum absolute atomic E-state index is 0.0428. The Morgan fingerprint density at radius 2 is 1.77 bits per heavy atom. The first-order chi connectivity index (χ1) is 12.4. The highest BCUT2D eigenvalue weighted by Crippen LogP contribution is 2.24. The van der Waals surface area contributed by atoms with Crippen molar-refractivity contribution in [2.75, 3.05) is 24.3 Å². The summed E-state index contributed by atoms with van der Waals surface area (Å²) in [5.74, 6) is -0.592. The molecule has 1 unspecified atom stereocenters. The Kier molecular flexibility index (Phi) is 7.03. The van der Waals surface area contributed by atoms with E-state index in [1.54, 1.807) is 48.3 Å². The molecule has 0 fully saturated rings. The summed E-state index contributed by atoms with van der Waals surface area (Å²) in [4.78, 5) is 25.5. The zero-order valence-corrected chi connectivity index (χ0v) is 15.3. The number of carboxylic acid groups (broad SMARTS) is 1. The van der Waals surface area contributed by atoms with E-state index in [9.17, 15) is 14.0 Å². The summed E-state index contributed by atoms with van der Waals surface area (Å²) in [5, 5.41) is 8.60. The maximum Gasteiger partial charge on any atom is 0.341 e. The Morgan fingerprint density at radius 3 is 2.35 bits per heavy atom. The Morgan fingerprint density at radius 1 is 1.15 bits per heavy atom. The molecule has 2 rings (SSSR count). The number of aliphatic carboxylic acids is 1. The number of halogens is 1. The van der Waals surface area contributed by atoms with Crippen molar-refractivity contribution in [1.82, 2.24) is 0 Å². The van der Waals surface area contributed by atoms with E-state index in [4.69, 9.17) is 9.84 Å². The second-order valence-corrected chi connectivity index (χ2v) is 6.83. The van der Waals surface area contributed by atoms with Gasteiger partial charge in [-0.2, -0.15) is 0 Å². The molecule has 1 N–H and O–H groups in total. The van der Waals surface area contributed by atoms with Crippen molar-refractivity contribution in [3.63, 3.8) is 0 Å². The van der Waals surface area contributed by atoms with Crippen LogP contribution in [0.5, 0.6) is 5.75 Å². The van der Waals surface area contributed by atoms with Gasteiger partial charge in [0.25, 0.3) is 0 Å².